The Bertz CT molecular complexity index is 619. The van der Waals surface area contributed by atoms with Crippen LogP contribution in [0.1, 0.15) is 43.0 Å². The molecule has 0 aliphatic carbocycles. The molecule has 0 saturated carbocycles. The van der Waals surface area contributed by atoms with Gasteiger partial charge in [0.1, 0.15) is 5.82 Å². The molecule has 0 atom stereocenters. The smallest absolute Gasteiger partial charge is 0.252 e. The normalized spacial score (nSPS) is 15.7. The zero-order valence-corrected chi connectivity index (χ0v) is 16.8. The van der Waals surface area contributed by atoms with E-state index in [1.165, 1.54) is 31.0 Å². The average Bonchev–Trinajstić information content (AvgIpc) is 2.62. The fraction of sp³-hybridized carbons (Fsp3) is 0.579. The fourth-order valence-electron chi connectivity index (χ4n) is 2.96. The number of carbonyl (C=O) groups is 2. The molecule has 5 nitrogen and oxygen atoms in total. The summed E-state index contributed by atoms with van der Waals surface area (Å²) in [5, 5.41) is 5.52. The van der Waals surface area contributed by atoms with E-state index < -0.39 is 11.7 Å². The van der Waals surface area contributed by atoms with Crippen molar-refractivity contribution in [2.24, 2.45) is 5.92 Å². The van der Waals surface area contributed by atoms with Crippen molar-refractivity contribution in [1.82, 2.24) is 15.5 Å². The molecular formula is C19H27BrFN3O2. The highest BCUT2D eigenvalue weighted by Gasteiger charge is 2.15. The van der Waals surface area contributed by atoms with E-state index in [1.807, 2.05) is 0 Å². The average molecular weight is 428 g/mol. The molecule has 1 aromatic rings. The molecule has 2 rings (SSSR count). The second kappa shape index (κ2) is 10.6. The third kappa shape index (κ3) is 7.03. The van der Waals surface area contributed by atoms with Crippen molar-refractivity contribution in [2.45, 2.75) is 32.6 Å². The highest BCUT2D eigenvalue weighted by molar-refractivity contribution is 9.10. The first-order valence-electron chi connectivity index (χ1n) is 9.18. The van der Waals surface area contributed by atoms with E-state index in [2.05, 4.69) is 38.4 Å². The third-order valence-electron chi connectivity index (χ3n) is 4.66. The van der Waals surface area contributed by atoms with Crippen molar-refractivity contribution < 1.29 is 14.0 Å². The lowest BCUT2D eigenvalue weighted by atomic mass is 9.99. The highest BCUT2D eigenvalue weighted by Crippen LogP contribution is 2.17. The number of benzene rings is 1. The molecule has 0 unspecified atom stereocenters. The zero-order valence-electron chi connectivity index (χ0n) is 15.2. The SMILES string of the molecule is CC1CCN(CCCNC(=O)CCNC(=O)c2cc(F)ccc2Br)CC1. The minimum absolute atomic E-state index is 0.0872. The molecule has 0 radical (unpaired) electrons. The van der Waals surface area contributed by atoms with Crippen LogP contribution in [0.25, 0.3) is 0 Å². The lowest BCUT2D eigenvalue weighted by molar-refractivity contribution is -0.120. The van der Waals surface area contributed by atoms with Gasteiger partial charge in [0, 0.05) is 24.0 Å². The van der Waals surface area contributed by atoms with Gasteiger partial charge in [-0.1, -0.05) is 6.92 Å². The van der Waals surface area contributed by atoms with Crippen LogP contribution in [-0.4, -0.2) is 49.4 Å². The minimum atomic E-state index is -0.473. The number of halogens is 2. The predicted molar refractivity (Wildman–Crippen MR) is 104 cm³/mol. The molecule has 0 bridgehead atoms. The van der Waals surface area contributed by atoms with Gasteiger partial charge in [0.2, 0.25) is 5.91 Å². The molecular weight excluding hydrogens is 401 g/mol. The van der Waals surface area contributed by atoms with Crippen molar-refractivity contribution in [3.63, 3.8) is 0 Å². The first-order valence-corrected chi connectivity index (χ1v) is 9.97. The Morgan fingerprint density at radius 1 is 1.23 bits per heavy atom. The monoisotopic (exact) mass is 427 g/mol. The lowest BCUT2D eigenvalue weighted by Crippen LogP contribution is -2.36. The van der Waals surface area contributed by atoms with Crippen molar-refractivity contribution in [2.75, 3.05) is 32.7 Å². The Hall–Kier alpha value is -1.47. The Balaban J connectivity index is 1.57. The van der Waals surface area contributed by atoms with E-state index in [1.54, 1.807) is 0 Å². The molecule has 1 aliphatic heterocycles. The third-order valence-corrected chi connectivity index (χ3v) is 5.35. The van der Waals surface area contributed by atoms with Gasteiger partial charge in [0.15, 0.2) is 0 Å². The summed E-state index contributed by atoms with van der Waals surface area (Å²) in [6.45, 7) is 6.47. The molecule has 0 aromatic heterocycles. The van der Waals surface area contributed by atoms with E-state index in [0.717, 1.165) is 32.0 Å². The lowest BCUT2D eigenvalue weighted by Gasteiger charge is -2.30. The van der Waals surface area contributed by atoms with Crippen LogP contribution in [0.4, 0.5) is 4.39 Å². The maximum atomic E-state index is 13.2. The largest absolute Gasteiger partial charge is 0.356 e. The topological polar surface area (TPSA) is 61.4 Å². The Labute approximate surface area is 162 Å². The molecule has 0 spiro atoms. The van der Waals surface area contributed by atoms with Gasteiger partial charge in [-0.15, -0.1) is 0 Å². The summed E-state index contributed by atoms with van der Waals surface area (Å²) >= 11 is 3.22. The van der Waals surface area contributed by atoms with Crippen molar-refractivity contribution in [3.8, 4) is 0 Å². The summed E-state index contributed by atoms with van der Waals surface area (Å²) in [6, 6.07) is 3.93. The van der Waals surface area contributed by atoms with Crippen molar-refractivity contribution in [3.05, 3.63) is 34.1 Å². The van der Waals surface area contributed by atoms with Gasteiger partial charge < -0.3 is 15.5 Å². The van der Waals surface area contributed by atoms with Gasteiger partial charge in [0.25, 0.3) is 5.91 Å². The maximum Gasteiger partial charge on any atom is 0.252 e. The number of nitrogens with one attached hydrogen (secondary N) is 2. The number of likely N-dealkylation sites (tertiary alicyclic amines) is 1. The van der Waals surface area contributed by atoms with E-state index in [0.29, 0.717) is 11.0 Å². The second-order valence-electron chi connectivity index (χ2n) is 6.86. The summed E-state index contributed by atoms with van der Waals surface area (Å²) in [4.78, 5) is 26.3. The highest BCUT2D eigenvalue weighted by atomic mass is 79.9. The number of amides is 2. The summed E-state index contributed by atoms with van der Waals surface area (Å²) in [5.41, 5.74) is 0.223. The standard InChI is InChI=1S/C19H27BrFN3O2/c1-14-6-11-24(12-7-14)10-2-8-22-18(25)5-9-23-19(26)16-13-15(21)3-4-17(16)20/h3-4,13-14H,2,5-12H2,1H3,(H,22,25)(H,23,26). The minimum Gasteiger partial charge on any atom is -0.356 e. The molecule has 1 heterocycles. The predicted octanol–water partition coefficient (Wildman–Crippen LogP) is 2.95. The molecule has 1 saturated heterocycles. The molecule has 144 valence electrons. The zero-order chi connectivity index (χ0) is 18.9. The summed E-state index contributed by atoms with van der Waals surface area (Å²) in [7, 11) is 0. The van der Waals surface area contributed by atoms with Gasteiger partial charge in [-0.25, -0.2) is 4.39 Å². The van der Waals surface area contributed by atoms with Crippen LogP contribution in [0.2, 0.25) is 0 Å². The van der Waals surface area contributed by atoms with Crippen LogP contribution in [0.3, 0.4) is 0 Å². The quantitative estimate of drug-likeness (QED) is 0.626. The summed E-state index contributed by atoms with van der Waals surface area (Å²) < 4.78 is 13.7. The second-order valence-corrected chi connectivity index (χ2v) is 7.71. The number of carbonyl (C=O) groups excluding carboxylic acids is 2. The maximum absolute atomic E-state index is 13.2. The van der Waals surface area contributed by atoms with Gasteiger partial charge in [-0.3, -0.25) is 9.59 Å². The molecule has 2 amide bonds. The number of piperidine rings is 1. The first kappa shape index (κ1) is 20.8. The molecule has 1 aromatic carbocycles. The van der Waals surface area contributed by atoms with E-state index in [-0.39, 0.29) is 24.4 Å². The fourth-order valence-corrected chi connectivity index (χ4v) is 3.39. The number of hydrogen-bond acceptors (Lipinski definition) is 3. The van der Waals surface area contributed by atoms with Gasteiger partial charge >= 0.3 is 0 Å². The van der Waals surface area contributed by atoms with E-state index in [4.69, 9.17) is 0 Å². The molecule has 7 heteroatoms. The van der Waals surface area contributed by atoms with Crippen LogP contribution >= 0.6 is 15.9 Å². The van der Waals surface area contributed by atoms with Crippen molar-refractivity contribution in [1.29, 1.82) is 0 Å². The van der Waals surface area contributed by atoms with Gasteiger partial charge in [0.05, 0.1) is 5.56 Å². The number of hydrogen-bond donors (Lipinski definition) is 2. The van der Waals surface area contributed by atoms with Crippen LogP contribution in [0.15, 0.2) is 22.7 Å². The van der Waals surface area contributed by atoms with Crippen LogP contribution in [-0.2, 0) is 4.79 Å². The van der Waals surface area contributed by atoms with Crippen LogP contribution in [0, 0.1) is 11.7 Å². The van der Waals surface area contributed by atoms with Gasteiger partial charge in [-0.05, 0) is 78.9 Å². The Morgan fingerprint density at radius 2 is 1.96 bits per heavy atom. The summed E-state index contributed by atoms with van der Waals surface area (Å²) in [6.07, 6.45) is 3.66. The van der Waals surface area contributed by atoms with Crippen LogP contribution < -0.4 is 10.6 Å². The number of nitrogens with zero attached hydrogens (tertiary/aromatic N) is 1. The Kier molecular flexibility index (Phi) is 8.51. The molecule has 2 N–H and O–H groups in total. The Morgan fingerprint density at radius 3 is 2.69 bits per heavy atom. The molecule has 26 heavy (non-hydrogen) atoms. The van der Waals surface area contributed by atoms with Gasteiger partial charge in [-0.2, -0.15) is 0 Å². The summed E-state index contributed by atoms with van der Waals surface area (Å²) in [5.74, 6) is -0.132. The number of rotatable bonds is 8. The van der Waals surface area contributed by atoms with Crippen LogP contribution in [0.5, 0.6) is 0 Å². The molecule has 1 aliphatic rings. The molecule has 1 fully saturated rings. The first-order chi connectivity index (χ1) is 12.5. The van der Waals surface area contributed by atoms with E-state index in [9.17, 15) is 14.0 Å². The van der Waals surface area contributed by atoms with Crippen molar-refractivity contribution >= 4 is 27.7 Å². The van der Waals surface area contributed by atoms with E-state index >= 15 is 0 Å².